The average molecular weight is 375 g/mol. The number of hydrogen-bond acceptors (Lipinski definition) is 2. The van der Waals surface area contributed by atoms with Crippen molar-refractivity contribution < 1.29 is 0 Å². The molecule has 2 rings (SSSR count). The van der Waals surface area contributed by atoms with Gasteiger partial charge >= 0.3 is 0 Å². The number of rotatable bonds is 10. The summed E-state index contributed by atoms with van der Waals surface area (Å²) in [5, 5.41) is 0. The van der Waals surface area contributed by atoms with Crippen molar-refractivity contribution in [3.8, 4) is 0 Å². The van der Waals surface area contributed by atoms with E-state index in [1.807, 2.05) is 0 Å². The molecule has 148 valence electrons. The largest absolute Gasteiger partial charge is 0.341 e. The summed E-state index contributed by atoms with van der Waals surface area (Å²) in [5.74, 6) is 0. The minimum absolute atomic E-state index is 0.816. The fraction of sp³-hybridized carbons (Fsp3) is 0.346. The molecular formula is C26H34N2. The maximum atomic E-state index is 4.55. The number of hydrogen-bond donors (Lipinski definition) is 0. The number of aryl methyl sites for hydroxylation is 3. The summed E-state index contributed by atoms with van der Waals surface area (Å²) in [7, 11) is 0. The van der Waals surface area contributed by atoms with Gasteiger partial charge in [-0.2, -0.15) is 0 Å². The van der Waals surface area contributed by atoms with E-state index in [9.17, 15) is 0 Å². The fourth-order valence-corrected chi connectivity index (χ4v) is 3.19. The molecule has 0 unspecified atom stereocenters. The minimum Gasteiger partial charge on any atom is -0.341 e. The molecule has 0 radical (unpaired) electrons. The number of benzene rings is 2. The Morgan fingerprint density at radius 2 is 1.68 bits per heavy atom. The van der Waals surface area contributed by atoms with Gasteiger partial charge in [0, 0.05) is 24.1 Å². The number of aliphatic imine (C=N–C) groups is 1. The molecule has 0 N–H and O–H groups in total. The van der Waals surface area contributed by atoms with E-state index in [1.165, 1.54) is 28.9 Å². The van der Waals surface area contributed by atoms with Crippen molar-refractivity contribution >= 4 is 23.3 Å². The van der Waals surface area contributed by atoms with Gasteiger partial charge in [0.1, 0.15) is 0 Å². The maximum absolute atomic E-state index is 4.55. The van der Waals surface area contributed by atoms with Gasteiger partial charge in [-0.15, -0.1) is 0 Å². The van der Waals surface area contributed by atoms with E-state index in [0.29, 0.717) is 0 Å². The second kappa shape index (κ2) is 10.7. The van der Waals surface area contributed by atoms with Crippen molar-refractivity contribution in [1.29, 1.82) is 0 Å². The van der Waals surface area contributed by atoms with Gasteiger partial charge in [-0.25, -0.2) is 0 Å². The highest BCUT2D eigenvalue weighted by Crippen LogP contribution is 2.32. The molecule has 0 bridgehead atoms. The smallest absolute Gasteiger partial charge is 0.0660 e. The number of nitrogens with zero attached hydrogens (tertiary/aromatic N) is 2. The average Bonchev–Trinajstić information content (AvgIpc) is 2.72. The lowest BCUT2D eigenvalue weighted by Gasteiger charge is -2.27. The van der Waals surface area contributed by atoms with Crippen LogP contribution in [0.4, 0.5) is 17.1 Å². The summed E-state index contributed by atoms with van der Waals surface area (Å²) in [6.45, 7) is 17.4. The Bertz CT molecular complexity index is 823. The molecule has 2 aromatic carbocycles. The highest BCUT2D eigenvalue weighted by atomic mass is 15.1. The SMILES string of the molecule is C=CC(=C)/C=N\c1ccc(N(CCCC)c2cc(CC)cc(CC)c2)cc1C. The lowest BCUT2D eigenvalue weighted by Crippen LogP contribution is -2.19. The van der Waals surface area contributed by atoms with E-state index in [1.54, 1.807) is 12.3 Å². The zero-order chi connectivity index (χ0) is 20.5. The van der Waals surface area contributed by atoms with Gasteiger partial charge in [0.05, 0.1) is 5.69 Å². The van der Waals surface area contributed by atoms with Gasteiger partial charge in [0.15, 0.2) is 0 Å². The van der Waals surface area contributed by atoms with Crippen LogP contribution in [0.5, 0.6) is 0 Å². The zero-order valence-electron chi connectivity index (χ0n) is 18.0. The van der Waals surface area contributed by atoms with E-state index in [-0.39, 0.29) is 0 Å². The Kier molecular flexibility index (Phi) is 8.25. The first-order valence-corrected chi connectivity index (χ1v) is 10.4. The molecule has 0 aliphatic rings. The van der Waals surface area contributed by atoms with Crippen molar-refractivity contribution in [3.63, 3.8) is 0 Å². The van der Waals surface area contributed by atoms with E-state index in [0.717, 1.165) is 42.6 Å². The number of unbranched alkanes of at least 4 members (excludes halogenated alkanes) is 1. The first-order valence-electron chi connectivity index (χ1n) is 10.4. The van der Waals surface area contributed by atoms with E-state index >= 15 is 0 Å². The lowest BCUT2D eigenvalue weighted by atomic mass is 10.0. The number of anilines is 2. The second-order valence-corrected chi connectivity index (χ2v) is 7.23. The molecule has 0 saturated carbocycles. The normalized spacial score (nSPS) is 11.0. The molecule has 2 aromatic rings. The number of allylic oxidation sites excluding steroid dienone is 2. The van der Waals surface area contributed by atoms with E-state index in [2.05, 4.69) is 87.1 Å². The summed E-state index contributed by atoms with van der Waals surface area (Å²) in [5.41, 5.74) is 8.27. The molecule has 0 spiro atoms. The van der Waals surface area contributed by atoms with Crippen LogP contribution in [0.15, 0.2) is 66.2 Å². The van der Waals surface area contributed by atoms with Crippen molar-refractivity contribution in [3.05, 3.63) is 77.9 Å². The summed E-state index contributed by atoms with van der Waals surface area (Å²) in [6.07, 6.45) is 7.93. The quantitative estimate of drug-likeness (QED) is 0.310. The Labute approximate surface area is 171 Å². The highest BCUT2D eigenvalue weighted by Gasteiger charge is 2.12. The first kappa shape index (κ1) is 21.7. The molecule has 0 saturated heterocycles. The molecular weight excluding hydrogens is 340 g/mol. The molecule has 2 nitrogen and oxygen atoms in total. The van der Waals surface area contributed by atoms with Crippen LogP contribution in [0.1, 0.15) is 50.3 Å². The third-order valence-electron chi connectivity index (χ3n) is 5.02. The lowest BCUT2D eigenvalue weighted by molar-refractivity contribution is 0.784. The summed E-state index contributed by atoms with van der Waals surface area (Å²) in [4.78, 5) is 7.00. The van der Waals surface area contributed by atoms with Crippen molar-refractivity contribution in [2.75, 3.05) is 11.4 Å². The second-order valence-electron chi connectivity index (χ2n) is 7.23. The van der Waals surface area contributed by atoms with Gasteiger partial charge in [-0.05, 0) is 78.8 Å². The molecule has 28 heavy (non-hydrogen) atoms. The monoisotopic (exact) mass is 374 g/mol. The summed E-state index contributed by atoms with van der Waals surface area (Å²) >= 11 is 0. The molecule has 0 aliphatic heterocycles. The van der Waals surface area contributed by atoms with Crippen LogP contribution in [-0.2, 0) is 12.8 Å². The first-order chi connectivity index (χ1) is 13.5. The molecule has 0 aromatic heterocycles. The van der Waals surface area contributed by atoms with Crippen LogP contribution < -0.4 is 4.90 Å². The predicted molar refractivity (Wildman–Crippen MR) is 126 cm³/mol. The third kappa shape index (κ3) is 5.69. The van der Waals surface area contributed by atoms with Crippen LogP contribution in [0.3, 0.4) is 0 Å². The van der Waals surface area contributed by atoms with E-state index in [4.69, 9.17) is 0 Å². The Morgan fingerprint density at radius 3 is 2.21 bits per heavy atom. The van der Waals surface area contributed by atoms with Gasteiger partial charge in [0.2, 0.25) is 0 Å². The van der Waals surface area contributed by atoms with Crippen LogP contribution in [-0.4, -0.2) is 12.8 Å². The Balaban J connectivity index is 2.43. The molecule has 0 fully saturated rings. The van der Waals surface area contributed by atoms with Gasteiger partial charge in [-0.1, -0.05) is 52.5 Å². The Hall–Kier alpha value is -2.61. The van der Waals surface area contributed by atoms with Crippen LogP contribution in [0, 0.1) is 6.92 Å². The zero-order valence-corrected chi connectivity index (χ0v) is 18.0. The van der Waals surface area contributed by atoms with Gasteiger partial charge in [-0.3, -0.25) is 4.99 Å². The molecule has 0 aliphatic carbocycles. The topological polar surface area (TPSA) is 15.6 Å². The van der Waals surface area contributed by atoms with Crippen LogP contribution in [0.25, 0.3) is 0 Å². The maximum Gasteiger partial charge on any atom is 0.0660 e. The van der Waals surface area contributed by atoms with Crippen LogP contribution in [0.2, 0.25) is 0 Å². The summed E-state index contributed by atoms with van der Waals surface area (Å²) < 4.78 is 0. The van der Waals surface area contributed by atoms with Crippen LogP contribution >= 0.6 is 0 Å². The van der Waals surface area contributed by atoms with Crippen molar-refractivity contribution in [2.45, 2.75) is 53.4 Å². The molecule has 0 heterocycles. The van der Waals surface area contributed by atoms with Crippen molar-refractivity contribution in [2.24, 2.45) is 4.99 Å². The highest BCUT2D eigenvalue weighted by molar-refractivity contribution is 5.84. The van der Waals surface area contributed by atoms with Gasteiger partial charge in [0.25, 0.3) is 0 Å². The Morgan fingerprint density at radius 1 is 1.00 bits per heavy atom. The predicted octanol–water partition coefficient (Wildman–Crippen LogP) is 7.50. The summed E-state index contributed by atoms with van der Waals surface area (Å²) in [6, 6.07) is 13.5. The minimum atomic E-state index is 0.816. The van der Waals surface area contributed by atoms with Crippen molar-refractivity contribution in [1.82, 2.24) is 0 Å². The van der Waals surface area contributed by atoms with E-state index < -0.39 is 0 Å². The molecule has 0 atom stereocenters. The van der Waals surface area contributed by atoms with Gasteiger partial charge < -0.3 is 4.90 Å². The standard InChI is InChI=1S/C26H34N2/c1-7-11-14-28(25-17-22(9-3)16-23(10-4)18-25)24-12-13-26(21(6)15-24)27-19-20(5)8-2/h8,12-13,15-19H,2,5,7,9-11,14H2,1,3-4,6H3/b27-19-. The molecule has 2 heteroatoms. The molecule has 0 amide bonds. The third-order valence-corrected chi connectivity index (χ3v) is 5.02. The fourth-order valence-electron chi connectivity index (χ4n) is 3.19.